The Balaban J connectivity index is 2.23. The van der Waals surface area contributed by atoms with Crippen molar-refractivity contribution < 1.29 is 14.7 Å². The fourth-order valence-electron chi connectivity index (χ4n) is 1.89. The summed E-state index contributed by atoms with van der Waals surface area (Å²) >= 11 is 0. The lowest BCUT2D eigenvalue weighted by atomic mass is 10.1. The van der Waals surface area contributed by atoms with Crippen LogP contribution in [0.25, 0.3) is 0 Å². The van der Waals surface area contributed by atoms with E-state index in [1.165, 1.54) is 6.21 Å². The summed E-state index contributed by atoms with van der Waals surface area (Å²) in [5, 5.41) is 11.6. The van der Waals surface area contributed by atoms with Gasteiger partial charge in [-0.2, -0.15) is 0 Å². The van der Waals surface area contributed by atoms with Crippen LogP contribution in [0.2, 0.25) is 0 Å². The predicted octanol–water partition coefficient (Wildman–Crippen LogP) is 1.34. The average molecular weight is 236 g/mol. The minimum Gasteiger partial charge on any atom is -0.496 e. The Kier molecular flexibility index (Phi) is 3.82. The maximum atomic E-state index is 8.54. The van der Waals surface area contributed by atoms with E-state index in [4.69, 9.17) is 14.7 Å². The first-order valence-electron chi connectivity index (χ1n) is 5.53. The number of morpholine rings is 1. The lowest BCUT2D eigenvalue weighted by Gasteiger charge is -2.29. The van der Waals surface area contributed by atoms with E-state index in [9.17, 15) is 0 Å². The highest BCUT2D eigenvalue weighted by Gasteiger charge is 2.12. The molecule has 17 heavy (non-hydrogen) atoms. The number of oxime groups is 1. The molecular weight excluding hydrogens is 220 g/mol. The molecule has 0 unspecified atom stereocenters. The molecule has 1 saturated heterocycles. The molecule has 0 radical (unpaired) electrons. The van der Waals surface area contributed by atoms with Crippen LogP contribution in [0.15, 0.2) is 23.4 Å². The number of nitrogens with zero attached hydrogens (tertiary/aromatic N) is 2. The first-order chi connectivity index (χ1) is 8.35. The number of hydrogen-bond acceptors (Lipinski definition) is 5. The quantitative estimate of drug-likeness (QED) is 0.489. The second-order valence-corrected chi connectivity index (χ2v) is 3.77. The first-order valence-corrected chi connectivity index (χ1v) is 5.53. The van der Waals surface area contributed by atoms with Crippen LogP contribution in [0.3, 0.4) is 0 Å². The Labute approximate surface area is 100 Å². The van der Waals surface area contributed by atoms with Crippen molar-refractivity contribution in [2.75, 3.05) is 38.3 Å². The third-order valence-electron chi connectivity index (χ3n) is 2.79. The van der Waals surface area contributed by atoms with E-state index < -0.39 is 0 Å². The van der Waals surface area contributed by atoms with Crippen LogP contribution in [-0.4, -0.2) is 44.8 Å². The standard InChI is InChI=1S/C12H16N2O3/c1-16-12-8-11(3-2-10(12)9-13-15)14-4-6-17-7-5-14/h2-3,8-9,15H,4-7H2,1H3. The van der Waals surface area contributed by atoms with Gasteiger partial charge in [0.1, 0.15) is 5.75 Å². The second kappa shape index (κ2) is 5.54. The van der Waals surface area contributed by atoms with Gasteiger partial charge in [-0.3, -0.25) is 0 Å². The molecule has 0 amide bonds. The van der Waals surface area contributed by atoms with Crippen molar-refractivity contribution in [3.63, 3.8) is 0 Å². The smallest absolute Gasteiger partial charge is 0.129 e. The van der Waals surface area contributed by atoms with E-state index >= 15 is 0 Å². The Morgan fingerprint density at radius 1 is 1.41 bits per heavy atom. The van der Waals surface area contributed by atoms with Gasteiger partial charge < -0.3 is 19.6 Å². The van der Waals surface area contributed by atoms with Gasteiger partial charge in [0.15, 0.2) is 0 Å². The van der Waals surface area contributed by atoms with Crippen molar-refractivity contribution in [1.29, 1.82) is 0 Å². The van der Waals surface area contributed by atoms with Gasteiger partial charge in [0.25, 0.3) is 0 Å². The SMILES string of the molecule is COc1cc(N2CCOCC2)ccc1C=NO. The van der Waals surface area contributed by atoms with Gasteiger partial charge in [-0.25, -0.2) is 0 Å². The molecule has 5 heteroatoms. The fourth-order valence-corrected chi connectivity index (χ4v) is 1.89. The highest BCUT2D eigenvalue weighted by atomic mass is 16.5. The van der Waals surface area contributed by atoms with E-state index in [0.717, 1.165) is 37.6 Å². The molecule has 0 bridgehead atoms. The molecule has 0 atom stereocenters. The van der Waals surface area contributed by atoms with Crippen LogP contribution in [-0.2, 0) is 4.74 Å². The summed E-state index contributed by atoms with van der Waals surface area (Å²) in [4.78, 5) is 2.24. The summed E-state index contributed by atoms with van der Waals surface area (Å²) in [5.41, 5.74) is 1.85. The zero-order valence-corrected chi connectivity index (χ0v) is 9.80. The van der Waals surface area contributed by atoms with Crippen LogP contribution < -0.4 is 9.64 Å². The third kappa shape index (κ3) is 2.68. The van der Waals surface area contributed by atoms with Gasteiger partial charge in [0.2, 0.25) is 0 Å². The van der Waals surface area contributed by atoms with Crippen LogP contribution in [0.4, 0.5) is 5.69 Å². The Hall–Kier alpha value is -1.75. The van der Waals surface area contributed by atoms with Crippen molar-refractivity contribution >= 4 is 11.9 Å². The Morgan fingerprint density at radius 3 is 2.82 bits per heavy atom. The molecule has 0 spiro atoms. The molecule has 1 fully saturated rings. The minimum absolute atomic E-state index is 0.701. The number of ether oxygens (including phenoxy) is 2. The maximum absolute atomic E-state index is 8.54. The van der Waals surface area contributed by atoms with Crippen molar-refractivity contribution in [1.82, 2.24) is 0 Å². The van der Waals surface area contributed by atoms with Gasteiger partial charge in [0.05, 0.1) is 26.5 Å². The number of rotatable bonds is 3. The molecule has 1 heterocycles. The summed E-state index contributed by atoms with van der Waals surface area (Å²) in [6.07, 6.45) is 1.36. The number of hydrogen-bond donors (Lipinski definition) is 1. The van der Waals surface area contributed by atoms with Gasteiger partial charge in [-0.1, -0.05) is 5.16 Å². The predicted molar refractivity (Wildman–Crippen MR) is 65.4 cm³/mol. The van der Waals surface area contributed by atoms with Crippen molar-refractivity contribution in [2.45, 2.75) is 0 Å². The monoisotopic (exact) mass is 236 g/mol. The van der Waals surface area contributed by atoms with E-state index in [0.29, 0.717) is 5.75 Å². The Bertz CT molecular complexity index is 401. The fraction of sp³-hybridized carbons (Fsp3) is 0.417. The van der Waals surface area contributed by atoms with E-state index in [1.807, 2.05) is 18.2 Å². The molecule has 0 aromatic heterocycles. The van der Waals surface area contributed by atoms with Crippen LogP contribution in [0, 0.1) is 0 Å². The van der Waals surface area contributed by atoms with E-state index in [1.54, 1.807) is 7.11 Å². The Morgan fingerprint density at radius 2 is 2.18 bits per heavy atom. The lowest BCUT2D eigenvalue weighted by Crippen LogP contribution is -2.36. The highest BCUT2D eigenvalue weighted by molar-refractivity contribution is 5.84. The molecule has 92 valence electrons. The molecule has 1 aliphatic rings. The second-order valence-electron chi connectivity index (χ2n) is 3.77. The molecule has 2 rings (SSSR count). The van der Waals surface area contributed by atoms with Crippen molar-refractivity contribution in [2.24, 2.45) is 5.16 Å². The molecular formula is C12H16N2O3. The summed E-state index contributed by atoms with van der Waals surface area (Å²) in [6.45, 7) is 3.28. The van der Waals surface area contributed by atoms with Crippen molar-refractivity contribution in [3.05, 3.63) is 23.8 Å². The van der Waals surface area contributed by atoms with Crippen LogP contribution in [0.5, 0.6) is 5.75 Å². The summed E-state index contributed by atoms with van der Waals surface area (Å²) in [6, 6.07) is 5.82. The van der Waals surface area contributed by atoms with Gasteiger partial charge >= 0.3 is 0 Å². The third-order valence-corrected chi connectivity index (χ3v) is 2.79. The maximum Gasteiger partial charge on any atom is 0.129 e. The van der Waals surface area contributed by atoms with E-state index in [2.05, 4.69) is 10.1 Å². The largest absolute Gasteiger partial charge is 0.496 e. The first kappa shape index (κ1) is 11.7. The van der Waals surface area contributed by atoms with Crippen LogP contribution in [0.1, 0.15) is 5.56 Å². The van der Waals surface area contributed by atoms with Gasteiger partial charge in [0, 0.05) is 30.4 Å². The van der Waals surface area contributed by atoms with Gasteiger partial charge in [-0.05, 0) is 12.1 Å². The molecule has 1 aliphatic heterocycles. The summed E-state index contributed by atoms with van der Waals surface area (Å²) in [7, 11) is 1.60. The zero-order valence-electron chi connectivity index (χ0n) is 9.80. The normalized spacial score (nSPS) is 16.4. The van der Waals surface area contributed by atoms with E-state index in [-0.39, 0.29) is 0 Å². The number of methoxy groups -OCH3 is 1. The molecule has 1 N–H and O–H groups in total. The van der Waals surface area contributed by atoms with Gasteiger partial charge in [-0.15, -0.1) is 0 Å². The zero-order chi connectivity index (χ0) is 12.1. The minimum atomic E-state index is 0.701. The summed E-state index contributed by atoms with van der Waals surface area (Å²) < 4.78 is 10.6. The number of anilines is 1. The number of benzene rings is 1. The lowest BCUT2D eigenvalue weighted by molar-refractivity contribution is 0.122. The van der Waals surface area contributed by atoms with Crippen molar-refractivity contribution in [3.8, 4) is 5.75 Å². The highest BCUT2D eigenvalue weighted by Crippen LogP contribution is 2.25. The molecule has 1 aromatic carbocycles. The molecule has 5 nitrogen and oxygen atoms in total. The molecule has 1 aromatic rings. The van der Waals surface area contributed by atoms with Crippen LogP contribution >= 0.6 is 0 Å². The molecule has 0 aliphatic carbocycles. The summed E-state index contributed by atoms with van der Waals surface area (Å²) in [5.74, 6) is 0.701. The molecule has 0 saturated carbocycles. The topological polar surface area (TPSA) is 54.3 Å². The average Bonchev–Trinajstić information content (AvgIpc) is 2.40.